The summed E-state index contributed by atoms with van der Waals surface area (Å²) in [6.45, 7) is 6.98. The summed E-state index contributed by atoms with van der Waals surface area (Å²) in [5.41, 5.74) is 3.68. The zero-order valence-corrected chi connectivity index (χ0v) is 33.6. The molecule has 4 bridgehead atoms. The van der Waals surface area contributed by atoms with Gasteiger partial charge < -0.3 is 33.9 Å². The summed E-state index contributed by atoms with van der Waals surface area (Å²) in [4.78, 5) is 52.9. The van der Waals surface area contributed by atoms with E-state index >= 15 is 4.79 Å². The number of piperidine rings is 6. The SMILES string of the molecule is C/C=C1/CN2CC[C@@]34c5ccccc5N5[C@H](C(=O)OC)[C@H]1C[C@H]2[C@]53Oc1c4cc2c(c1O)C(=O)O[C@]13[C@@H]4C[C@H]5/C(=C\C)CN4CC[C@@]21c1ccccc1N3[C@@H]5C(=O)OC. The van der Waals surface area contributed by atoms with E-state index in [1.807, 2.05) is 31.2 Å². The highest BCUT2D eigenvalue weighted by molar-refractivity contribution is 6.02. The third-order valence-electron chi connectivity index (χ3n) is 17.0. The van der Waals surface area contributed by atoms with Crippen molar-refractivity contribution in [2.24, 2.45) is 11.8 Å². The van der Waals surface area contributed by atoms with Crippen LogP contribution in [0.4, 0.5) is 11.4 Å². The predicted octanol–water partition coefficient (Wildman–Crippen LogP) is 4.75. The highest BCUT2D eigenvalue weighted by Gasteiger charge is 2.82. The van der Waals surface area contributed by atoms with E-state index in [4.69, 9.17) is 18.9 Å². The smallest absolute Gasteiger partial charge is 0.344 e. The van der Waals surface area contributed by atoms with Gasteiger partial charge in [-0.15, -0.1) is 0 Å². The van der Waals surface area contributed by atoms with Gasteiger partial charge in [0, 0.05) is 55.0 Å². The largest absolute Gasteiger partial charge is 0.504 e. The Balaban J connectivity index is 1.11. The molecule has 12 nitrogen and oxygen atoms in total. The van der Waals surface area contributed by atoms with Crippen molar-refractivity contribution in [2.45, 2.75) is 86.0 Å². The van der Waals surface area contributed by atoms with Gasteiger partial charge in [0.1, 0.15) is 17.6 Å². The maximum Gasteiger partial charge on any atom is 0.344 e. The van der Waals surface area contributed by atoms with E-state index in [9.17, 15) is 14.7 Å². The standard InChI is InChI=1S/C47H46N4O8/c1-5-24-22-48-18-16-45-29-12-8-10-14-33(29)50-37(42(54)56-3)26(24)19-34(48)46(45,50)58-40-31(45)21-30-36(39(40)52)41(53)59-47-35-20-27-25(6-2)23-49(35)17-15-44(30,47)28-11-7-9-13-32(28)51(47)38(27)43(55)57-4/h5-14,21,26-27,34-35,37-38,52H,15-20,22-23H2,1-4H3/b24-5-,25-6-/t26-,27-,34-,35-,37-,38-,44+,45-,46+,47+/m0/s1. The minimum absolute atomic E-state index is 0.0910. The molecular formula is C47H46N4O8. The van der Waals surface area contributed by atoms with E-state index in [2.05, 4.69) is 69.0 Å². The fourth-order valence-electron chi connectivity index (χ4n) is 15.1. The summed E-state index contributed by atoms with van der Waals surface area (Å²) in [6, 6.07) is 16.9. The Labute approximate surface area is 341 Å². The first-order chi connectivity index (χ1) is 28.7. The van der Waals surface area contributed by atoms with Gasteiger partial charge in [0.25, 0.3) is 0 Å². The maximum atomic E-state index is 15.2. The number of rotatable bonds is 2. The molecule has 2 spiro atoms. The van der Waals surface area contributed by atoms with Gasteiger partial charge in [-0.2, -0.15) is 0 Å². The maximum absolute atomic E-state index is 15.2. The van der Waals surface area contributed by atoms with Gasteiger partial charge in [0.15, 0.2) is 11.5 Å². The molecule has 13 rings (SSSR count). The molecule has 10 aliphatic rings. The number of ether oxygens (including phenoxy) is 4. The van der Waals surface area contributed by atoms with Crippen molar-refractivity contribution in [3.8, 4) is 11.5 Å². The number of carbonyl (C=O) groups is 3. The highest BCUT2D eigenvalue weighted by Crippen LogP contribution is 2.75. The quantitative estimate of drug-likeness (QED) is 0.219. The van der Waals surface area contributed by atoms with E-state index in [1.165, 1.54) is 25.4 Å². The minimum Gasteiger partial charge on any atom is -0.504 e. The van der Waals surface area contributed by atoms with Crippen molar-refractivity contribution in [1.82, 2.24) is 9.80 Å². The van der Waals surface area contributed by atoms with Crippen molar-refractivity contribution < 1.29 is 38.4 Å². The first kappa shape index (κ1) is 34.5. The lowest BCUT2D eigenvalue weighted by Crippen LogP contribution is -2.82. The van der Waals surface area contributed by atoms with Crippen molar-refractivity contribution in [3.05, 3.63) is 106 Å². The first-order valence-corrected chi connectivity index (χ1v) is 21.2. The number of benzene rings is 3. The van der Waals surface area contributed by atoms with Crippen molar-refractivity contribution in [1.29, 1.82) is 0 Å². The lowest BCUT2D eigenvalue weighted by atomic mass is 9.54. The van der Waals surface area contributed by atoms with E-state index < -0.39 is 40.3 Å². The summed E-state index contributed by atoms with van der Waals surface area (Å²) in [5.74, 6) is -1.49. The van der Waals surface area contributed by atoms with E-state index in [0.29, 0.717) is 44.3 Å². The van der Waals surface area contributed by atoms with Gasteiger partial charge >= 0.3 is 17.9 Å². The van der Waals surface area contributed by atoms with Crippen molar-refractivity contribution in [2.75, 3.05) is 50.2 Å². The van der Waals surface area contributed by atoms with Crippen LogP contribution in [0.15, 0.2) is 77.9 Å². The number of fused-ring (bicyclic) bond motifs is 8. The number of anilines is 2. The van der Waals surface area contributed by atoms with E-state index in [-0.39, 0.29) is 52.9 Å². The second kappa shape index (κ2) is 10.9. The predicted molar refractivity (Wildman–Crippen MR) is 214 cm³/mol. The fourth-order valence-corrected chi connectivity index (χ4v) is 15.1. The minimum atomic E-state index is -1.30. The number of phenolic OH excluding ortho intramolecular Hbond substituents is 1. The Kier molecular flexibility index (Phi) is 6.37. The number of esters is 3. The van der Waals surface area contributed by atoms with Crippen LogP contribution >= 0.6 is 0 Å². The molecule has 302 valence electrons. The number of carbonyl (C=O) groups excluding carboxylic acids is 3. The molecule has 0 amide bonds. The molecule has 10 aliphatic heterocycles. The molecule has 0 unspecified atom stereocenters. The van der Waals surface area contributed by atoms with Crippen LogP contribution in [0.3, 0.4) is 0 Å². The van der Waals surface area contributed by atoms with Crippen LogP contribution in [-0.4, -0.2) is 109 Å². The Bertz CT molecular complexity index is 2570. The van der Waals surface area contributed by atoms with Crippen LogP contribution in [0.1, 0.15) is 72.1 Å². The number of allylic oxidation sites excluding steroid dienone is 2. The third-order valence-corrected chi connectivity index (χ3v) is 17.0. The van der Waals surface area contributed by atoms with Crippen molar-refractivity contribution in [3.63, 3.8) is 0 Å². The number of nitrogens with zero attached hydrogens (tertiary/aromatic N) is 4. The zero-order valence-electron chi connectivity index (χ0n) is 33.6. The van der Waals surface area contributed by atoms with Gasteiger partial charge in [-0.05, 0) is 74.4 Å². The normalized spacial score (nSPS) is 39.6. The lowest BCUT2D eigenvalue weighted by Gasteiger charge is -2.67. The molecular weight excluding hydrogens is 749 g/mol. The number of hydrogen-bond acceptors (Lipinski definition) is 12. The number of aromatic hydroxyl groups is 1. The molecule has 10 heterocycles. The Morgan fingerprint density at radius 2 is 1.22 bits per heavy atom. The Hall–Kier alpha value is -5.33. The van der Waals surface area contributed by atoms with Crippen LogP contribution in [-0.2, 0) is 34.6 Å². The molecule has 59 heavy (non-hydrogen) atoms. The molecule has 12 heteroatoms. The van der Waals surface area contributed by atoms with Gasteiger partial charge in [-0.3, -0.25) is 9.80 Å². The van der Waals surface area contributed by atoms with Crippen LogP contribution < -0.4 is 14.5 Å². The van der Waals surface area contributed by atoms with Crippen LogP contribution in [0, 0.1) is 11.8 Å². The van der Waals surface area contributed by atoms with Gasteiger partial charge in [0.05, 0.1) is 37.1 Å². The van der Waals surface area contributed by atoms with Gasteiger partial charge in [-0.1, -0.05) is 59.7 Å². The lowest BCUT2D eigenvalue weighted by molar-refractivity contribution is -0.174. The summed E-state index contributed by atoms with van der Waals surface area (Å²) in [7, 11) is 2.89. The Morgan fingerprint density at radius 3 is 1.73 bits per heavy atom. The molecule has 6 saturated heterocycles. The van der Waals surface area contributed by atoms with Crippen LogP contribution in [0.5, 0.6) is 11.5 Å². The molecule has 1 N–H and O–H groups in total. The number of hydrogen-bond donors (Lipinski definition) is 1. The second-order valence-corrected chi connectivity index (χ2v) is 18.3. The topological polar surface area (TPSA) is 121 Å². The van der Waals surface area contributed by atoms with Crippen LogP contribution in [0.25, 0.3) is 0 Å². The molecule has 10 atom stereocenters. The van der Waals surface area contributed by atoms with E-state index in [1.54, 1.807) is 0 Å². The number of phenols is 1. The Morgan fingerprint density at radius 1 is 0.729 bits per heavy atom. The molecule has 3 aromatic rings. The third kappa shape index (κ3) is 3.36. The summed E-state index contributed by atoms with van der Waals surface area (Å²) < 4.78 is 25.8. The fraction of sp³-hybridized carbons (Fsp3) is 0.468. The number of para-hydroxylation sites is 2. The monoisotopic (exact) mass is 794 g/mol. The van der Waals surface area contributed by atoms with Gasteiger partial charge in [0.2, 0.25) is 11.4 Å². The molecule has 3 aromatic carbocycles. The zero-order chi connectivity index (χ0) is 40.1. The second-order valence-electron chi connectivity index (χ2n) is 18.3. The average molecular weight is 795 g/mol. The summed E-state index contributed by atoms with van der Waals surface area (Å²) in [6.07, 6.45) is 6.83. The first-order valence-electron chi connectivity index (χ1n) is 21.2. The van der Waals surface area contributed by atoms with Crippen LogP contribution in [0.2, 0.25) is 0 Å². The van der Waals surface area contributed by atoms with E-state index in [0.717, 1.165) is 41.2 Å². The summed E-state index contributed by atoms with van der Waals surface area (Å²) >= 11 is 0. The summed E-state index contributed by atoms with van der Waals surface area (Å²) in [5, 5.41) is 12.9. The molecule has 0 radical (unpaired) electrons. The molecule has 0 aliphatic carbocycles. The number of methoxy groups -OCH3 is 2. The molecule has 6 fully saturated rings. The molecule has 0 saturated carbocycles. The highest BCUT2D eigenvalue weighted by atomic mass is 16.6. The average Bonchev–Trinajstić information content (AvgIpc) is 3.81. The molecule has 0 aromatic heterocycles. The van der Waals surface area contributed by atoms with Gasteiger partial charge in [-0.25, -0.2) is 14.4 Å². The van der Waals surface area contributed by atoms with Crippen molar-refractivity contribution >= 4 is 29.3 Å².